The minimum Gasteiger partial charge on any atom is -0.289 e. The van der Waals surface area contributed by atoms with Crippen molar-refractivity contribution >= 4 is 5.78 Å². The van der Waals surface area contributed by atoms with Crippen LogP contribution >= 0.6 is 0 Å². The highest BCUT2D eigenvalue weighted by molar-refractivity contribution is 6.09. The summed E-state index contributed by atoms with van der Waals surface area (Å²) in [6.45, 7) is 9.16. The molecule has 0 saturated heterocycles. The number of ketones is 1. The van der Waals surface area contributed by atoms with Gasteiger partial charge in [-0.15, -0.1) is 0 Å². The summed E-state index contributed by atoms with van der Waals surface area (Å²) in [5.74, 6) is 1.42. The minimum absolute atomic E-state index is 0.00876. The predicted molar refractivity (Wildman–Crippen MR) is 78.0 cm³/mol. The van der Waals surface area contributed by atoms with Crippen LogP contribution in [0, 0.1) is 22.7 Å². The maximum absolute atomic E-state index is 12.7. The molecule has 3 aliphatic rings. The maximum Gasteiger partial charge on any atom is 0.189 e. The van der Waals surface area contributed by atoms with E-state index in [1.807, 2.05) is 30.3 Å². The van der Waals surface area contributed by atoms with E-state index in [9.17, 15) is 4.79 Å². The van der Waals surface area contributed by atoms with Crippen molar-refractivity contribution in [1.29, 1.82) is 0 Å². The van der Waals surface area contributed by atoms with Crippen LogP contribution in [-0.2, 0) is 0 Å². The van der Waals surface area contributed by atoms with E-state index in [0.29, 0.717) is 17.3 Å². The van der Waals surface area contributed by atoms with Gasteiger partial charge in [-0.2, -0.15) is 0 Å². The lowest BCUT2D eigenvalue weighted by Gasteiger charge is -2.62. The van der Waals surface area contributed by atoms with E-state index in [4.69, 9.17) is 0 Å². The van der Waals surface area contributed by atoms with Gasteiger partial charge < -0.3 is 0 Å². The van der Waals surface area contributed by atoms with E-state index in [0.717, 1.165) is 11.1 Å². The highest BCUT2D eigenvalue weighted by atomic mass is 16.1. The summed E-state index contributed by atoms with van der Waals surface area (Å²) in [5.41, 5.74) is 2.19. The van der Waals surface area contributed by atoms with E-state index in [2.05, 4.69) is 33.8 Å². The molecule has 19 heavy (non-hydrogen) atoms. The number of benzene rings is 1. The number of Topliss-reactive ketones (excluding diaryl/α,β-unsaturated/α-hetero) is 1. The van der Waals surface area contributed by atoms with Crippen LogP contribution in [0.2, 0.25) is 0 Å². The van der Waals surface area contributed by atoms with Gasteiger partial charge in [-0.05, 0) is 29.1 Å². The molecular weight excluding hydrogens is 232 g/mol. The van der Waals surface area contributed by atoms with Gasteiger partial charge in [-0.3, -0.25) is 4.79 Å². The third kappa shape index (κ3) is 1.64. The third-order valence-electron chi connectivity index (χ3n) is 5.56. The van der Waals surface area contributed by atoms with Crippen LogP contribution < -0.4 is 0 Å². The van der Waals surface area contributed by atoms with Gasteiger partial charge in [0.05, 0.1) is 0 Å². The van der Waals surface area contributed by atoms with Crippen molar-refractivity contribution in [1.82, 2.24) is 0 Å². The molecule has 1 aromatic rings. The summed E-state index contributed by atoms with van der Waals surface area (Å²) in [5, 5.41) is 0. The zero-order valence-electron chi connectivity index (χ0n) is 12.2. The predicted octanol–water partition coefficient (Wildman–Crippen LogP) is 4.50. The highest BCUT2D eigenvalue weighted by Gasteiger charge is 2.58. The topological polar surface area (TPSA) is 17.1 Å². The Kier molecular flexibility index (Phi) is 2.54. The molecule has 4 rings (SSSR count). The van der Waals surface area contributed by atoms with Gasteiger partial charge >= 0.3 is 0 Å². The Morgan fingerprint density at radius 1 is 1.11 bits per heavy atom. The lowest BCUT2D eigenvalue weighted by molar-refractivity contribution is -0.0693. The fourth-order valence-corrected chi connectivity index (χ4v) is 4.18. The minimum atomic E-state index is -0.00876. The van der Waals surface area contributed by atoms with Gasteiger partial charge in [-0.25, -0.2) is 0 Å². The van der Waals surface area contributed by atoms with Gasteiger partial charge in [0.15, 0.2) is 5.78 Å². The van der Waals surface area contributed by atoms with Gasteiger partial charge in [0.1, 0.15) is 0 Å². The zero-order chi connectivity index (χ0) is 13.8. The summed E-state index contributed by atoms with van der Waals surface area (Å²) in [6.07, 6.45) is 3.50. The molecule has 1 heteroatoms. The molecule has 0 spiro atoms. The second-order valence-electron chi connectivity index (χ2n) is 7.21. The number of carbonyl (C=O) groups excluding carboxylic acids is 1. The molecule has 1 fully saturated rings. The van der Waals surface area contributed by atoms with E-state index < -0.39 is 0 Å². The zero-order valence-corrected chi connectivity index (χ0v) is 12.2. The molecule has 0 N–H and O–H groups in total. The van der Waals surface area contributed by atoms with Crippen molar-refractivity contribution in [3.8, 4) is 0 Å². The smallest absolute Gasteiger partial charge is 0.189 e. The third-order valence-corrected chi connectivity index (χ3v) is 5.56. The number of allylic oxidation sites excluding steroid dienone is 2. The van der Waals surface area contributed by atoms with Crippen molar-refractivity contribution in [3.63, 3.8) is 0 Å². The fourth-order valence-electron chi connectivity index (χ4n) is 4.18. The largest absolute Gasteiger partial charge is 0.289 e. The maximum atomic E-state index is 12.7. The molecular formula is C18H22O. The monoisotopic (exact) mass is 254 g/mol. The summed E-state index contributed by atoms with van der Waals surface area (Å²) < 4.78 is 0. The molecule has 0 aromatic heterocycles. The van der Waals surface area contributed by atoms with Gasteiger partial charge in [0.2, 0.25) is 0 Å². The molecule has 0 unspecified atom stereocenters. The first-order valence-corrected chi connectivity index (χ1v) is 7.17. The van der Waals surface area contributed by atoms with Crippen molar-refractivity contribution in [2.24, 2.45) is 22.7 Å². The van der Waals surface area contributed by atoms with Crippen LogP contribution in [0.25, 0.3) is 0 Å². The summed E-state index contributed by atoms with van der Waals surface area (Å²) in [7, 11) is 0. The Morgan fingerprint density at radius 2 is 1.74 bits per heavy atom. The Labute approximate surface area is 115 Å². The van der Waals surface area contributed by atoms with Crippen molar-refractivity contribution in [2.45, 2.75) is 34.1 Å². The second-order valence-corrected chi connectivity index (χ2v) is 7.21. The van der Waals surface area contributed by atoms with Crippen LogP contribution in [0.5, 0.6) is 0 Å². The number of rotatable bonds is 2. The van der Waals surface area contributed by atoms with Crippen LogP contribution in [-0.4, -0.2) is 5.78 Å². The second kappa shape index (κ2) is 3.82. The standard InChI is InChI=1S/C18H22O/c1-17(2)13-10-14(18(3,4)15(17)11-13)16(19)12-8-6-5-7-9-12/h5-10,13,15H,11H2,1-4H3/t13-,15+/m0/s1. The normalized spacial score (nSPS) is 30.2. The first kappa shape index (κ1) is 12.7. The average molecular weight is 254 g/mol. The number of carbonyl (C=O) groups is 1. The van der Waals surface area contributed by atoms with Crippen LogP contribution in [0.3, 0.4) is 0 Å². The van der Waals surface area contributed by atoms with Crippen molar-refractivity contribution < 1.29 is 4.79 Å². The van der Waals surface area contributed by atoms with Gasteiger partial charge in [0, 0.05) is 11.1 Å². The summed E-state index contributed by atoms with van der Waals surface area (Å²) in [4.78, 5) is 12.7. The molecule has 0 heterocycles. The molecule has 1 aromatic carbocycles. The first-order chi connectivity index (χ1) is 8.85. The Morgan fingerprint density at radius 3 is 2.26 bits per heavy atom. The molecule has 1 nitrogen and oxygen atoms in total. The Balaban J connectivity index is 2.01. The van der Waals surface area contributed by atoms with Crippen LogP contribution in [0.15, 0.2) is 42.0 Å². The molecule has 3 aliphatic carbocycles. The van der Waals surface area contributed by atoms with E-state index in [1.165, 1.54) is 6.42 Å². The van der Waals surface area contributed by atoms with E-state index in [-0.39, 0.29) is 11.2 Å². The summed E-state index contributed by atoms with van der Waals surface area (Å²) in [6, 6.07) is 9.68. The lowest BCUT2D eigenvalue weighted by atomic mass is 9.42. The molecule has 100 valence electrons. The Hall–Kier alpha value is -1.37. The quantitative estimate of drug-likeness (QED) is 0.710. The van der Waals surface area contributed by atoms with Crippen LogP contribution in [0.1, 0.15) is 44.5 Å². The molecule has 2 bridgehead atoms. The van der Waals surface area contributed by atoms with Crippen LogP contribution in [0.4, 0.5) is 0 Å². The molecule has 0 radical (unpaired) electrons. The van der Waals surface area contributed by atoms with Gasteiger partial charge in [0.25, 0.3) is 0 Å². The van der Waals surface area contributed by atoms with E-state index in [1.54, 1.807) is 0 Å². The van der Waals surface area contributed by atoms with Gasteiger partial charge in [-0.1, -0.05) is 64.1 Å². The number of hydrogen-bond acceptors (Lipinski definition) is 1. The highest BCUT2D eigenvalue weighted by Crippen LogP contribution is 2.65. The van der Waals surface area contributed by atoms with Crippen molar-refractivity contribution in [2.75, 3.05) is 0 Å². The molecule has 0 amide bonds. The fraction of sp³-hybridized carbons (Fsp3) is 0.500. The average Bonchev–Trinajstić information content (AvgIpc) is 2.37. The molecule has 2 atom stereocenters. The first-order valence-electron chi connectivity index (χ1n) is 7.17. The van der Waals surface area contributed by atoms with Crippen molar-refractivity contribution in [3.05, 3.63) is 47.5 Å². The lowest BCUT2D eigenvalue weighted by Crippen LogP contribution is -2.56. The number of hydrogen-bond donors (Lipinski definition) is 0. The molecule has 1 saturated carbocycles. The molecule has 0 aliphatic heterocycles. The number of fused-ring (bicyclic) bond motifs is 1. The summed E-state index contributed by atoms with van der Waals surface area (Å²) >= 11 is 0. The Bertz CT molecular complexity index is 548. The van der Waals surface area contributed by atoms with E-state index >= 15 is 0 Å². The SMILES string of the molecule is CC1(C)C(C(=O)c2ccccc2)=C[C@H]2C[C@@H]1C2(C)C.